The summed E-state index contributed by atoms with van der Waals surface area (Å²) >= 11 is 0. The van der Waals surface area contributed by atoms with Crippen molar-refractivity contribution in [2.75, 3.05) is 0 Å². The van der Waals surface area contributed by atoms with Crippen LogP contribution in [0.1, 0.15) is 0 Å². The number of fused-ring (bicyclic) bond motifs is 5. The summed E-state index contributed by atoms with van der Waals surface area (Å²) in [4.78, 5) is 0. The highest BCUT2D eigenvalue weighted by Gasteiger charge is 2.19. The van der Waals surface area contributed by atoms with Crippen molar-refractivity contribution in [3.63, 3.8) is 0 Å². The van der Waals surface area contributed by atoms with Gasteiger partial charge in [-0.3, -0.25) is 0 Å². The minimum atomic E-state index is 1.22. The van der Waals surface area contributed by atoms with Crippen LogP contribution in [0, 0.1) is 0 Å². The molecule has 232 valence electrons. The first-order chi connectivity index (χ1) is 24.8. The molecule has 10 aromatic rings. The summed E-state index contributed by atoms with van der Waals surface area (Å²) in [7, 11) is 0. The molecule has 10 rings (SSSR count). The van der Waals surface area contributed by atoms with Gasteiger partial charge in [-0.2, -0.15) is 0 Å². The van der Waals surface area contributed by atoms with Gasteiger partial charge < -0.3 is 0 Å². The van der Waals surface area contributed by atoms with Crippen molar-refractivity contribution in [3.05, 3.63) is 194 Å². The molecule has 0 fully saturated rings. The van der Waals surface area contributed by atoms with E-state index in [1.165, 1.54) is 98.4 Å². The third-order valence-electron chi connectivity index (χ3n) is 10.4. The molecule has 0 amide bonds. The van der Waals surface area contributed by atoms with Crippen molar-refractivity contribution < 1.29 is 0 Å². The second-order valence-electron chi connectivity index (χ2n) is 13.3. The Morgan fingerprint density at radius 1 is 0.200 bits per heavy atom. The lowest BCUT2D eigenvalue weighted by molar-refractivity contribution is 1.61. The summed E-state index contributed by atoms with van der Waals surface area (Å²) < 4.78 is 0. The topological polar surface area (TPSA) is 0 Å². The summed E-state index contributed by atoms with van der Waals surface area (Å²) in [5, 5.41) is 12.6. The van der Waals surface area contributed by atoms with Gasteiger partial charge in [-0.05, 0) is 117 Å². The van der Waals surface area contributed by atoms with Crippen molar-refractivity contribution >= 4 is 53.9 Å². The molecule has 0 aliphatic heterocycles. The maximum absolute atomic E-state index is 2.35. The monoisotopic (exact) mass is 632 g/mol. The van der Waals surface area contributed by atoms with Gasteiger partial charge >= 0.3 is 0 Å². The average Bonchev–Trinajstić information content (AvgIpc) is 3.19. The standard InChI is InChI=1S/C50H32/c1-3-14-35-30-38(26-24-33(35)12-1)37-16-11-17-39(31-37)41-28-29-48(43-19-6-5-18-42(41)43)50-46-22-9-7-20-44(46)49(45-21-8-10-23-47(45)50)40-27-25-34-13-2-4-15-36(34)32-40/h1-32H. The van der Waals surface area contributed by atoms with Crippen LogP contribution in [0.5, 0.6) is 0 Å². The Hall–Kier alpha value is -6.50. The van der Waals surface area contributed by atoms with Gasteiger partial charge in [0.05, 0.1) is 0 Å². The van der Waals surface area contributed by atoms with Crippen LogP contribution in [0.15, 0.2) is 194 Å². The minimum absolute atomic E-state index is 1.22. The Morgan fingerprint density at radius 2 is 0.620 bits per heavy atom. The van der Waals surface area contributed by atoms with Gasteiger partial charge in [-0.15, -0.1) is 0 Å². The van der Waals surface area contributed by atoms with E-state index in [2.05, 4.69) is 194 Å². The van der Waals surface area contributed by atoms with Crippen LogP contribution in [0.25, 0.3) is 98.4 Å². The number of hydrogen-bond donors (Lipinski definition) is 0. The lowest BCUT2D eigenvalue weighted by atomic mass is 9.83. The molecule has 0 spiro atoms. The zero-order chi connectivity index (χ0) is 33.0. The first-order valence-corrected chi connectivity index (χ1v) is 17.3. The fourth-order valence-corrected chi connectivity index (χ4v) is 8.08. The molecule has 0 aromatic heterocycles. The molecule has 0 heterocycles. The van der Waals surface area contributed by atoms with Gasteiger partial charge in [-0.1, -0.05) is 176 Å². The van der Waals surface area contributed by atoms with Crippen molar-refractivity contribution in [2.24, 2.45) is 0 Å². The SMILES string of the molecule is c1cc(-c2ccc3ccccc3c2)cc(-c2ccc(-c3c4ccccc4c(-c4ccc5ccccc5c4)c4ccccc34)c3ccccc23)c1. The lowest BCUT2D eigenvalue weighted by Gasteiger charge is -2.20. The molecular weight excluding hydrogens is 601 g/mol. The maximum Gasteiger partial charge on any atom is -0.00201 e. The van der Waals surface area contributed by atoms with Crippen molar-refractivity contribution in [1.82, 2.24) is 0 Å². The molecule has 0 nitrogen and oxygen atoms in total. The van der Waals surface area contributed by atoms with Crippen LogP contribution in [0.3, 0.4) is 0 Å². The highest BCUT2D eigenvalue weighted by molar-refractivity contribution is 6.24. The Balaban J connectivity index is 1.19. The van der Waals surface area contributed by atoms with E-state index in [0.717, 1.165) is 0 Å². The molecular formula is C50H32. The number of benzene rings is 10. The minimum Gasteiger partial charge on any atom is -0.0616 e. The van der Waals surface area contributed by atoms with Crippen LogP contribution >= 0.6 is 0 Å². The quantitative estimate of drug-likeness (QED) is 0.169. The second kappa shape index (κ2) is 11.6. The maximum atomic E-state index is 2.35. The number of rotatable bonds is 4. The molecule has 0 N–H and O–H groups in total. The van der Waals surface area contributed by atoms with E-state index < -0.39 is 0 Å². The van der Waals surface area contributed by atoms with Crippen molar-refractivity contribution in [2.45, 2.75) is 0 Å². The molecule has 0 atom stereocenters. The van der Waals surface area contributed by atoms with E-state index in [1.54, 1.807) is 0 Å². The predicted molar refractivity (Wildman–Crippen MR) is 216 cm³/mol. The van der Waals surface area contributed by atoms with E-state index in [-0.39, 0.29) is 0 Å². The van der Waals surface area contributed by atoms with Gasteiger partial charge in [0.15, 0.2) is 0 Å². The summed E-state index contributed by atoms with van der Waals surface area (Å²) in [6.07, 6.45) is 0. The fraction of sp³-hybridized carbons (Fsp3) is 0. The van der Waals surface area contributed by atoms with Gasteiger partial charge in [-0.25, -0.2) is 0 Å². The van der Waals surface area contributed by atoms with Crippen LogP contribution in [-0.2, 0) is 0 Å². The lowest BCUT2D eigenvalue weighted by Crippen LogP contribution is -1.92. The Morgan fingerprint density at radius 3 is 1.24 bits per heavy atom. The van der Waals surface area contributed by atoms with Gasteiger partial charge in [0.25, 0.3) is 0 Å². The Labute approximate surface area is 291 Å². The molecule has 0 heteroatoms. The highest BCUT2D eigenvalue weighted by Crippen LogP contribution is 2.46. The van der Waals surface area contributed by atoms with Crippen LogP contribution in [0.2, 0.25) is 0 Å². The van der Waals surface area contributed by atoms with Crippen LogP contribution in [-0.4, -0.2) is 0 Å². The summed E-state index contributed by atoms with van der Waals surface area (Å²) in [5.41, 5.74) is 10.00. The van der Waals surface area contributed by atoms with Gasteiger partial charge in [0, 0.05) is 0 Å². The van der Waals surface area contributed by atoms with E-state index in [9.17, 15) is 0 Å². The normalized spacial score (nSPS) is 11.6. The van der Waals surface area contributed by atoms with E-state index >= 15 is 0 Å². The van der Waals surface area contributed by atoms with Crippen molar-refractivity contribution in [1.29, 1.82) is 0 Å². The average molecular weight is 633 g/mol. The van der Waals surface area contributed by atoms with Gasteiger partial charge in [0.2, 0.25) is 0 Å². The first-order valence-electron chi connectivity index (χ1n) is 17.3. The van der Waals surface area contributed by atoms with E-state index in [0.29, 0.717) is 0 Å². The first kappa shape index (κ1) is 28.5. The van der Waals surface area contributed by atoms with Crippen LogP contribution < -0.4 is 0 Å². The third-order valence-corrected chi connectivity index (χ3v) is 10.4. The molecule has 0 saturated heterocycles. The Bertz CT molecular complexity index is 2870. The zero-order valence-electron chi connectivity index (χ0n) is 27.5. The van der Waals surface area contributed by atoms with E-state index in [4.69, 9.17) is 0 Å². The predicted octanol–water partition coefficient (Wildman–Crippen LogP) is 14.1. The summed E-state index contributed by atoms with van der Waals surface area (Å²) in [6, 6.07) is 71.4. The largest absolute Gasteiger partial charge is 0.0616 e. The molecule has 10 aromatic carbocycles. The highest BCUT2D eigenvalue weighted by atomic mass is 14.2. The molecule has 0 radical (unpaired) electrons. The second-order valence-corrected chi connectivity index (χ2v) is 13.3. The molecule has 0 aliphatic rings. The molecule has 50 heavy (non-hydrogen) atoms. The van der Waals surface area contributed by atoms with Crippen molar-refractivity contribution in [3.8, 4) is 44.5 Å². The smallest absolute Gasteiger partial charge is 0.00201 e. The fourth-order valence-electron chi connectivity index (χ4n) is 8.08. The molecule has 0 aliphatic carbocycles. The number of hydrogen-bond acceptors (Lipinski definition) is 0. The summed E-state index contributed by atoms with van der Waals surface area (Å²) in [6.45, 7) is 0. The molecule has 0 bridgehead atoms. The van der Waals surface area contributed by atoms with Gasteiger partial charge in [0.1, 0.15) is 0 Å². The molecule has 0 unspecified atom stereocenters. The summed E-state index contributed by atoms with van der Waals surface area (Å²) in [5.74, 6) is 0. The third kappa shape index (κ3) is 4.61. The van der Waals surface area contributed by atoms with E-state index in [1.807, 2.05) is 0 Å². The van der Waals surface area contributed by atoms with Crippen LogP contribution in [0.4, 0.5) is 0 Å². The zero-order valence-corrected chi connectivity index (χ0v) is 27.5. The Kier molecular flexibility index (Phi) is 6.60. The molecule has 0 saturated carbocycles.